The van der Waals surface area contributed by atoms with Gasteiger partial charge < -0.3 is 5.32 Å². The Morgan fingerprint density at radius 1 is 0.826 bits per heavy atom. The zero-order valence-electron chi connectivity index (χ0n) is 12.2. The molecule has 0 atom stereocenters. The van der Waals surface area contributed by atoms with E-state index in [2.05, 4.69) is 21.5 Å². The largest absolute Gasteiger partial charge is 0.357 e. The summed E-state index contributed by atoms with van der Waals surface area (Å²) in [7, 11) is 0. The third-order valence-electron chi connectivity index (χ3n) is 2.85. The van der Waals surface area contributed by atoms with Gasteiger partial charge in [-0.2, -0.15) is 0 Å². The quantitative estimate of drug-likeness (QED) is 0.504. The number of benzene rings is 2. The van der Waals surface area contributed by atoms with E-state index in [1.54, 1.807) is 24.3 Å². The highest BCUT2D eigenvalue weighted by Crippen LogP contribution is 1.98. The summed E-state index contributed by atoms with van der Waals surface area (Å²) in [5.74, 6) is -0.284. The van der Waals surface area contributed by atoms with Crippen molar-refractivity contribution in [2.24, 2.45) is 0 Å². The van der Waals surface area contributed by atoms with Crippen molar-refractivity contribution in [1.29, 1.82) is 0 Å². The fourth-order valence-electron chi connectivity index (χ4n) is 1.73. The average molecular weight is 344 g/mol. The molecule has 2 aromatic rings. The number of rotatable bonds is 3. The molecular formula is C16H16N4OS2. The molecule has 23 heavy (non-hydrogen) atoms. The van der Waals surface area contributed by atoms with Crippen LogP contribution in [0.5, 0.6) is 0 Å². The summed E-state index contributed by atoms with van der Waals surface area (Å²) < 4.78 is 0. The number of nitrogens with one attached hydrogen (secondary N) is 4. The Labute approximate surface area is 145 Å². The number of carbonyl (C=O) groups is 1. The molecule has 2 aromatic carbocycles. The minimum atomic E-state index is -0.284. The van der Waals surface area contributed by atoms with Crippen LogP contribution in [-0.4, -0.2) is 16.1 Å². The van der Waals surface area contributed by atoms with E-state index in [-0.39, 0.29) is 11.0 Å². The molecule has 5 nitrogen and oxygen atoms in total. The minimum absolute atomic E-state index is 0.141. The third-order valence-corrected chi connectivity index (χ3v) is 3.30. The van der Waals surface area contributed by atoms with Gasteiger partial charge in [-0.1, -0.05) is 48.5 Å². The van der Waals surface area contributed by atoms with E-state index in [0.29, 0.717) is 17.2 Å². The van der Waals surface area contributed by atoms with Crippen molar-refractivity contribution in [3.63, 3.8) is 0 Å². The second kappa shape index (κ2) is 8.82. The van der Waals surface area contributed by atoms with Crippen molar-refractivity contribution in [2.45, 2.75) is 6.54 Å². The lowest BCUT2D eigenvalue weighted by Gasteiger charge is -2.13. The van der Waals surface area contributed by atoms with Crippen molar-refractivity contribution < 1.29 is 4.79 Å². The van der Waals surface area contributed by atoms with E-state index in [1.807, 2.05) is 36.4 Å². The van der Waals surface area contributed by atoms with Crippen LogP contribution in [0.1, 0.15) is 15.9 Å². The highest BCUT2D eigenvalue weighted by atomic mass is 32.1. The Hall–Kier alpha value is -2.51. The molecule has 1 amide bonds. The normalized spacial score (nSPS) is 9.57. The summed E-state index contributed by atoms with van der Waals surface area (Å²) in [5.41, 5.74) is 7.03. The van der Waals surface area contributed by atoms with Gasteiger partial charge in [0.2, 0.25) is 0 Å². The van der Waals surface area contributed by atoms with Gasteiger partial charge in [0, 0.05) is 12.1 Å². The van der Waals surface area contributed by atoms with Crippen molar-refractivity contribution in [2.75, 3.05) is 0 Å². The predicted octanol–water partition coefficient (Wildman–Crippen LogP) is 1.87. The van der Waals surface area contributed by atoms with Crippen molar-refractivity contribution in [3.05, 3.63) is 71.8 Å². The van der Waals surface area contributed by atoms with Gasteiger partial charge in [-0.25, -0.2) is 0 Å². The van der Waals surface area contributed by atoms with Crippen LogP contribution in [0.15, 0.2) is 60.7 Å². The molecule has 0 fully saturated rings. The molecule has 2 rings (SSSR count). The smallest absolute Gasteiger partial charge is 0.257 e. The van der Waals surface area contributed by atoms with Crippen LogP contribution in [0.2, 0.25) is 0 Å². The first kappa shape index (κ1) is 16.9. The Morgan fingerprint density at radius 2 is 1.39 bits per heavy atom. The van der Waals surface area contributed by atoms with Crippen LogP contribution in [0.4, 0.5) is 0 Å². The monoisotopic (exact) mass is 344 g/mol. The molecule has 0 heterocycles. The van der Waals surface area contributed by atoms with E-state index >= 15 is 0 Å². The molecule has 0 saturated heterocycles. The lowest BCUT2D eigenvalue weighted by molar-refractivity contribution is 0.0976. The summed E-state index contributed by atoms with van der Waals surface area (Å²) in [6.45, 7) is 0.595. The minimum Gasteiger partial charge on any atom is -0.357 e. The maximum Gasteiger partial charge on any atom is 0.257 e. The maximum absolute atomic E-state index is 11.9. The average Bonchev–Trinajstić information content (AvgIpc) is 2.60. The zero-order chi connectivity index (χ0) is 16.5. The van der Waals surface area contributed by atoms with Crippen LogP contribution >= 0.6 is 24.4 Å². The summed E-state index contributed by atoms with van der Waals surface area (Å²) in [6.07, 6.45) is 0. The molecule has 0 spiro atoms. The summed E-state index contributed by atoms with van der Waals surface area (Å²) in [5, 5.41) is 6.10. The van der Waals surface area contributed by atoms with Gasteiger partial charge >= 0.3 is 0 Å². The number of hydrazine groups is 1. The number of hydrogen-bond donors (Lipinski definition) is 4. The van der Waals surface area contributed by atoms with Crippen molar-refractivity contribution in [3.8, 4) is 0 Å². The van der Waals surface area contributed by atoms with Gasteiger partial charge in [0.05, 0.1) is 0 Å². The van der Waals surface area contributed by atoms with E-state index in [9.17, 15) is 4.79 Å². The molecule has 0 aliphatic carbocycles. The Kier molecular flexibility index (Phi) is 6.46. The lowest BCUT2D eigenvalue weighted by Crippen LogP contribution is -2.51. The highest BCUT2D eigenvalue weighted by molar-refractivity contribution is 7.80. The van der Waals surface area contributed by atoms with Gasteiger partial charge in [0.15, 0.2) is 10.2 Å². The Morgan fingerprint density at radius 3 is 2.04 bits per heavy atom. The standard InChI is InChI=1S/C16H16N4OS2/c21-14(13-9-5-2-6-10-13)18-16(23)20-19-15(22)17-11-12-7-3-1-4-8-12/h1-10H,11H2,(H2,17,19,22)(H2,18,20,21,23). The topological polar surface area (TPSA) is 65.2 Å². The second-order valence-corrected chi connectivity index (χ2v) is 5.38. The number of hydrogen-bond acceptors (Lipinski definition) is 3. The number of carbonyl (C=O) groups excluding carboxylic acids is 1. The van der Waals surface area contributed by atoms with Crippen molar-refractivity contribution in [1.82, 2.24) is 21.5 Å². The molecule has 0 aliphatic rings. The van der Waals surface area contributed by atoms with Crippen LogP contribution in [0.25, 0.3) is 0 Å². The molecule has 118 valence electrons. The maximum atomic E-state index is 11.9. The lowest BCUT2D eigenvalue weighted by atomic mass is 10.2. The SMILES string of the molecule is O=C(NC(=S)NNC(=S)NCc1ccccc1)c1ccccc1. The molecule has 0 bridgehead atoms. The van der Waals surface area contributed by atoms with Crippen LogP contribution in [-0.2, 0) is 6.54 Å². The first-order valence-corrected chi connectivity index (χ1v) is 7.71. The molecule has 0 radical (unpaired) electrons. The predicted molar refractivity (Wildman–Crippen MR) is 98.7 cm³/mol. The first-order valence-electron chi connectivity index (χ1n) is 6.89. The van der Waals surface area contributed by atoms with E-state index in [0.717, 1.165) is 5.56 Å². The Balaban J connectivity index is 1.69. The summed E-state index contributed by atoms with van der Waals surface area (Å²) >= 11 is 10.2. The summed E-state index contributed by atoms with van der Waals surface area (Å²) in [6, 6.07) is 18.7. The highest BCUT2D eigenvalue weighted by Gasteiger charge is 2.06. The van der Waals surface area contributed by atoms with Gasteiger partial charge in [0.1, 0.15) is 0 Å². The van der Waals surface area contributed by atoms with Gasteiger partial charge in [-0.3, -0.25) is 21.0 Å². The van der Waals surface area contributed by atoms with E-state index in [1.165, 1.54) is 0 Å². The van der Waals surface area contributed by atoms with Crippen LogP contribution in [0.3, 0.4) is 0 Å². The first-order chi connectivity index (χ1) is 11.1. The third kappa shape index (κ3) is 6.01. The van der Waals surface area contributed by atoms with Gasteiger partial charge in [0.25, 0.3) is 5.91 Å². The van der Waals surface area contributed by atoms with Crippen LogP contribution in [0, 0.1) is 0 Å². The number of thiocarbonyl (C=S) groups is 2. The molecule has 4 N–H and O–H groups in total. The Bertz CT molecular complexity index is 677. The van der Waals surface area contributed by atoms with E-state index in [4.69, 9.17) is 24.4 Å². The molecule has 0 aromatic heterocycles. The fourth-order valence-corrected chi connectivity index (χ4v) is 2.00. The zero-order valence-corrected chi connectivity index (χ0v) is 13.8. The molecule has 7 heteroatoms. The molecule has 0 aliphatic heterocycles. The number of amides is 1. The fraction of sp³-hybridized carbons (Fsp3) is 0.0625. The van der Waals surface area contributed by atoms with Crippen molar-refractivity contribution >= 4 is 40.6 Å². The molecular weight excluding hydrogens is 328 g/mol. The summed E-state index contributed by atoms with van der Waals surface area (Å²) in [4.78, 5) is 11.9. The second-order valence-electron chi connectivity index (χ2n) is 4.57. The molecule has 0 saturated carbocycles. The van der Waals surface area contributed by atoms with Crippen LogP contribution < -0.4 is 21.5 Å². The van der Waals surface area contributed by atoms with Gasteiger partial charge in [-0.15, -0.1) is 0 Å². The van der Waals surface area contributed by atoms with E-state index < -0.39 is 0 Å². The van der Waals surface area contributed by atoms with Gasteiger partial charge in [-0.05, 0) is 42.1 Å². The molecule has 0 unspecified atom stereocenters.